The van der Waals surface area contributed by atoms with Crippen molar-refractivity contribution in [2.75, 3.05) is 18.5 Å². The number of carbonyl (C=O) groups is 2. The van der Waals surface area contributed by atoms with E-state index in [-0.39, 0.29) is 36.6 Å². The summed E-state index contributed by atoms with van der Waals surface area (Å²) in [4.78, 5) is 28.6. The Kier molecular flexibility index (Phi) is 9.34. The third-order valence-electron chi connectivity index (χ3n) is 4.37. The second-order valence-electron chi connectivity index (χ2n) is 6.32. The molecule has 0 saturated carbocycles. The molecule has 4 N–H and O–H groups in total. The smallest absolute Gasteiger partial charge is 0.274 e. The maximum atomic E-state index is 12.4. The SMILES string of the molecule is Cl.Cl.NC1(C(=O)NCc2cccc(NC(=O)c3ccccn3)c2)CCOCC1. The predicted molar refractivity (Wildman–Crippen MR) is 112 cm³/mol. The van der Waals surface area contributed by atoms with Gasteiger partial charge < -0.3 is 21.1 Å². The van der Waals surface area contributed by atoms with E-state index in [0.717, 1.165) is 5.56 Å². The molecule has 0 atom stereocenters. The minimum atomic E-state index is -0.872. The van der Waals surface area contributed by atoms with Crippen molar-refractivity contribution < 1.29 is 14.3 Å². The van der Waals surface area contributed by atoms with Gasteiger partial charge in [0.25, 0.3) is 5.91 Å². The standard InChI is InChI=1S/C19H22N4O3.2ClH/c20-19(7-10-26-11-8-19)18(25)22-13-14-4-3-5-15(12-14)23-17(24)16-6-1-2-9-21-16;;/h1-6,9,12H,7-8,10-11,13,20H2,(H,22,25)(H,23,24);2*1H. The maximum Gasteiger partial charge on any atom is 0.274 e. The molecule has 1 aromatic carbocycles. The summed E-state index contributed by atoms with van der Waals surface area (Å²) in [5, 5.41) is 5.68. The highest BCUT2D eigenvalue weighted by atomic mass is 35.5. The number of anilines is 1. The number of nitrogens with zero attached hydrogens (tertiary/aromatic N) is 1. The molecule has 0 bridgehead atoms. The Bertz CT molecular complexity index is 784. The normalized spacial score (nSPS) is 14.8. The molecule has 9 heteroatoms. The summed E-state index contributed by atoms with van der Waals surface area (Å²) in [6.07, 6.45) is 2.60. The van der Waals surface area contributed by atoms with E-state index >= 15 is 0 Å². The third-order valence-corrected chi connectivity index (χ3v) is 4.37. The van der Waals surface area contributed by atoms with Crippen LogP contribution in [0.5, 0.6) is 0 Å². The number of carbonyl (C=O) groups excluding carboxylic acids is 2. The molecule has 2 heterocycles. The van der Waals surface area contributed by atoms with E-state index < -0.39 is 5.54 Å². The molecule has 0 spiro atoms. The lowest BCUT2D eigenvalue weighted by Gasteiger charge is -2.31. The highest BCUT2D eigenvalue weighted by Crippen LogP contribution is 2.18. The van der Waals surface area contributed by atoms with E-state index in [0.29, 0.717) is 44.0 Å². The van der Waals surface area contributed by atoms with Crippen molar-refractivity contribution >= 4 is 42.3 Å². The van der Waals surface area contributed by atoms with Crippen molar-refractivity contribution in [3.05, 3.63) is 59.9 Å². The second kappa shape index (κ2) is 11.0. The van der Waals surface area contributed by atoms with Crippen LogP contribution in [0.1, 0.15) is 28.9 Å². The summed E-state index contributed by atoms with van der Waals surface area (Å²) in [5.41, 5.74) is 7.15. The molecule has 0 unspecified atom stereocenters. The molecular weight excluding hydrogens is 403 g/mol. The van der Waals surface area contributed by atoms with Crippen LogP contribution in [0, 0.1) is 0 Å². The van der Waals surface area contributed by atoms with Gasteiger partial charge in [0.2, 0.25) is 5.91 Å². The zero-order chi connectivity index (χ0) is 18.4. The number of nitrogens with two attached hydrogens (primary N) is 1. The first kappa shape index (κ1) is 23.8. The summed E-state index contributed by atoms with van der Waals surface area (Å²) >= 11 is 0. The molecule has 152 valence electrons. The lowest BCUT2D eigenvalue weighted by molar-refractivity contribution is -0.129. The Morgan fingerprint density at radius 2 is 1.86 bits per heavy atom. The maximum absolute atomic E-state index is 12.4. The van der Waals surface area contributed by atoms with Gasteiger partial charge in [-0.15, -0.1) is 24.8 Å². The summed E-state index contributed by atoms with van der Waals surface area (Å²) in [5.74, 6) is -0.460. The number of halogens is 2. The summed E-state index contributed by atoms with van der Waals surface area (Å²) in [6.45, 7) is 1.34. The summed E-state index contributed by atoms with van der Waals surface area (Å²) < 4.78 is 5.26. The van der Waals surface area contributed by atoms with Crippen LogP contribution in [-0.4, -0.2) is 35.6 Å². The highest BCUT2D eigenvalue weighted by Gasteiger charge is 2.35. The Hall–Kier alpha value is -2.19. The lowest BCUT2D eigenvalue weighted by atomic mass is 9.90. The van der Waals surface area contributed by atoms with Crippen LogP contribution < -0.4 is 16.4 Å². The van der Waals surface area contributed by atoms with Crippen molar-refractivity contribution in [3.8, 4) is 0 Å². The molecule has 1 aliphatic rings. The zero-order valence-electron chi connectivity index (χ0n) is 15.2. The summed E-state index contributed by atoms with van der Waals surface area (Å²) in [7, 11) is 0. The van der Waals surface area contributed by atoms with Gasteiger partial charge in [-0.2, -0.15) is 0 Å². The van der Waals surface area contributed by atoms with Crippen LogP contribution in [0.4, 0.5) is 5.69 Å². The second-order valence-corrected chi connectivity index (χ2v) is 6.32. The van der Waals surface area contributed by atoms with E-state index in [9.17, 15) is 9.59 Å². The van der Waals surface area contributed by atoms with Crippen molar-refractivity contribution in [2.45, 2.75) is 24.9 Å². The number of nitrogens with one attached hydrogen (secondary N) is 2. The molecule has 0 aliphatic carbocycles. The molecule has 2 aromatic rings. The molecular formula is C19H24Cl2N4O3. The van der Waals surface area contributed by atoms with Crippen molar-refractivity contribution in [1.29, 1.82) is 0 Å². The van der Waals surface area contributed by atoms with Crippen LogP contribution in [0.3, 0.4) is 0 Å². The molecule has 2 amide bonds. The molecule has 7 nitrogen and oxygen atoms in total. The van der Waals surface area contributed by atoms with Gasteiger partial charge in [0.05, 0.1) is 5.54 Å². The fraction of sp³-hybridized carbons (Fsp3) is 0.316. The molecule has 1 aliphatic heterocycles. The lowest BCUT2D eigenvalue weighted by Crippen LogP contribution is -2.56. The highest BCUT2D eigenvalue weighted by molar-refractivity contribution is 6.02. The minimum Gasteiger partial charge on any atom is -0.381 e. The van der Waals surface area contributed by atoms with Gasteiger partial charge in [-0.25, -0.2) is 0 Å². The van der Waals surface area contributed by atoms with Crippen LogP contribution in [-0.2, 0) is 16.1 Å². The van der Waals surface area contributed by atoms with E-state index in [1.54, 1.807) is 30.5 Å². The fourth-order valence-electron chi connectivity index (χ4n) is 2.77. The predicted octanol–water partition coefficient (Wildman–Crippen LogP) is 2.30. The first-order valence-electron chi connectivity index (χ1n) is 8.53. The van der Waals surface area contributed by atoms with Crippen molar-refractivity contribution in [3.63, 3.8) is 0 Å². The van der Waals surface area contributed by atoms with Crippen molar-refractivity contribution in [1.82, 2.24) is 10.3 Å². The van der Waals surface area contributed by atoms with Crippen LogP contribution in [0.25, 0.3) is 0 Å². The van der Waals surface area contributed by atoms with Gasteiger partial charge in [0.15, 0.2) is 0 Å². The number of aromatic nitrogens is 1. The number of ether oxygens (including phenoxy) is 1. The quantitative estimate of drug-likeness (QED) is 0.679. The van der Waals surface area contributed by atoms with Gasteiger partial charge in [-0.1, -0.05) is 18.2 Å². The van der Waals surface area contributed by atoms with E-state index in [2.05, 4.69) is 15.6 Å². The third kappa shape index (κ3) is 6.17. The molecule has 1 aromatic heterocycles. The largest absolute Gasteiger partial charge is 0.381 e. The number of hydrogen-bond acceptors (Lipinski definition) is 5. The van der Waals surface area contributed by atoms with Crippen LogP contribution in [0.2, 0.25) is 0 Å². The first-order chi connectivity index (χ1) is 12.6. The van der Waals surface area contributed by atoms with Crippen molar-refractivity contribution in [2.24, 2.45) is 5.73 Å². The zero-order valence-corrected chi connectivity index (χ0v) is 16.9. The Labute approximate surface area is 176 Å². The first-order valence-corrected chi connectivity index (χ1v) is 8.53. The average Bonchev–Trinajstić information content (AvgIpc) is 2.67. The van der Waals surface area contributed by atoms with Gasteiger partial charge in [-0.3, -0.25) is 14.6 Å². The minimum absolute atomic E-state index is 0. The Morgan fingerprint density at radius 1 is 1.11 bits per heavy atom. The van der Waals surface area contributed by atoms with Gasteiger partial charge >= 0.3 is 0 Å². The van der Waals surface area contributed by atoms with E-state index in [4.69, 9.17) is 10.5 Å². The van der Waals surface area contributed by atoms with Gasteiger partial charge in [0.1, 0.15) is 5.69 Å². The molecule has 1 fully saturated rings. The fourth-order valence-corrected chi connectivity index (χ4v) is 2.77. The Balaban J connectivity index is 0.00000196. The monoisotopic (exact) mass is 426 g/mol. The average molecular weight is 427 g/mol. The molecule has 28 heavy (non-hydrogen) atoms. The summed E-state index contributed by atoms with van der Waals surface area (Å²) in [6, 6.07) is 12.5. The van der Waals surface area contributed by atoms with Crippen LogP contribution in [0.15, 0.2) is 48.7 Å². The number of amides is 2. The number of pyridine rings is 1. The number of hydrogen-bond donors (Lipinski definition) is 3. The Morgan fingerprint density at radius 3 is 2.54 bits per heavy atom. The van der Waals surface area contributed by atoms with E-state index in [1.165, 1.54) is 0 Å². The van der Waals surface area contributed by atoms with E-state index in [1.807, 2.05) is 18.2 Å². The molecule has 1 saturated heterocycles. The molecule has 3 rings (SSSR count). The van der Waals surface area contributed by atoms with Gasteiger partial charge in [0, 0.05) is 31.6 Å². The van der Waals surface area contributed by atoms with Gasteiger partial charge in [-0.05, 0) is 42.7 Å². The number of rotatable bonds is 5. The topological polar surface area (TPSA) is 106 Å². The van der Waals surface area contributed by atoms with Crippen LogP contribution >= 0.6 is 24.8 Å². The molecule has 0 radical (unpaired) electrons. The number of benzene rings is 1.